The molecular weight excluding hydrogens is 376 g/mol. The highest BCUT2D eigenvalue weighted by atomic mass is 35.5. The van der Waals surface area contributed by atoms with E-state index in [0.717, 1.165) is 32.5 Å². The maximum atomic E-state index is 12.6. The van der Waals surface area contributed by atoms with E-state index in [9.17, 15) is 13.2 Å². The van der Waals surface area contributed by atoms with Gasteiger partial charge >= 0.3 is 0 Å². The standard InChI is InChI=1S/C17H24N4O3S.ClH/c1-12(17(22)21-9-7-13(8-10-21)11-18-2)19-16-14-5-3-4-6-15(14)25(23,24)20-16;/h3-6,12-13,18H,7-11H2,1-2H3,(H,19,20);1H. The molecule has 2 aliphatic heterocycles. The van der Waals surface area contributed by atoms with Gasteiger partial charge in [-0.2, -0.15) is 0 Å². The van der Waals surface area contributed by atoms with Crippen molar-refractivity contribution < 1.29 is 13.2 Å². The number of carbonyl (C=O) groups is 1. The molecule has 0 spiro atoms. The van der Waals surface area contributed by atoms with E-state index < -0.39 is 16.1 Å². The predicted octanol–water partition coefficient (Wildman–Crippen LogP) is 0.993. The van der Waals surface area contributed by atoms with Crippen molar-refractivity contribution in [1.29, 1.82) is 0 Å². The van der Waals surface area contributed by atoms with Crippen molar-refractivity contribution in [3.63, 3.8) is 0 Å². The second-order valence-corrected chi connectivity index (χ2v) is 8.23. The number of piperidine rings is 1. The number of sulfonamides is 1. The van der Waals surface area contributed by atoms with Gasteiger partial charge in [-0.1, -0.05) is 12.1 Å². The smallest absolute Gasteiger partial charge is 0.263 e. The zero-order chi connectivity index (χ0) is 18.0. The highest BCUT2D eigenvalue weighted by Crippen LogP contribution is 2.23. The van der Waals surface area contributed by atoms with Crippen molar-refractivity contribution in [3.8, 4) is 0 Å². The lowest BCUT2D eigenvalue weighted by Crippen LogP contribution is -2.44. The summed E-state index contributed by atoms with van der Waals surface area (Å²) in [5.41, 5.74) is 0.523. The maximum Gasteiger partial charge on any atom is 0.263 e. The molecule has 1 amide bonds. The van der Waals surface area contributed by atoms with Gasteiger partial charge in [-0.3, -0.25) is 14.5 Å². The Morgan fingerprint density at radius 2 is 2.00 bits per heavy atom. The van der Waals surface area contributed by atoms with Crippen LogP contribution in [-0.4, -0.2) is 57.8 Å². The molecule has 26 heavy (non-hydrogen) atoms. The van der Waals surface area contributed by atoms with Crippen LogP contribution in [0.5, 0.6) is 0 Å². The molecule has 1 saturated heterocycles. The Balaban J connectivity index is 0.00000243. The Morgan fingerprint density at radius 1 is 1.35 bits per heavy atom. The highest BCUT2D eigenvalue weighted by molar-refractivity contribution is 7.90. The van der Waals surface area contributed by atoms with Crippen LogP contribution in [0.2, 0.25) is 0 Å². The van der Waals surface area contributed by atoms with E-state index in [1.54, 1.807) is 31.2 Å². The first kappa shape index (κ1) is 20.7. The molecule has 1 unspecified atom stereocenters. The minimum Gasteiger partial charge on any atom is -0.341 e. The summed E-state index contributed by atoms with van der Waals surface area (Å²) in [4.78, 5) is 19.1. The molecule has 0 bridgehead atoms. The molecule has 1 aromatic carbocycles. The number of aliphatic imine (C=N–C) groups is 1. The molecule has 0 saturated carbocycles. The normalized spacial score (nSPS) is 21.6. The van der Waals surface area contributed by atoms with Crippen molar-refractivity contribution in [1.82, 2.24) is 14.9 Å². The third-order valence-electron chi connectivity index (χ3n) is 4.76. The van der Waals surface area contributed by atoms with E-state index in [1.807, 2.05) is 11.9 Å². The van der Waals surface area contributed by atoms with Crippen LogP contribution >= 0.6 is 12.4 Å². The topological polar surface area (TPSA) is 90.9 Å². The number of amidine groups is 1. The number of fused-ring (bicyclic) bond motifs is 1. The molecule has 1 fully saturated rings. The maximum absolute atomic E-state index is 12.6. The van der Waals surface area contributed by atoms with Crippen molar-refractivity contribution in [3.05, 3.63) is 29.8 Å². The third-order valence-corrected chi connectivity index (χ3v) is 6.16. The van der Waals surface area contributed by atoms with Gasteiger partial charge in [0.15, 0.2) is 0 Å². The molecule has 2 heterocycles. The number of rotatable bonds is 4. The summed E-state index contributed by atoms with van der Waals surface area (Å²) in [7, 11) is -1.64. The minimum absolute atomic E-state index is 0. The van der Waals surface area contributed by atoms with Gasteiger partial charge in [0.1, 0.15) is 11.9 Å². The Morgan fingerprint density at radius 3 is 2.65 bits per heavy atom. The van der Waals surface area contributed by atoms with Gasteiger partial charge < -0.3 is 10.2 Å². The fraction of sp³-hybridized carbons (Fsp3) is 0.529. The van der Waals surface area contributed by atoms with Crippen LogP contribution in [0.4, 0.5) is 0 Å². The quantitative estimate of drug-likeness (QED) is 0.788. The average molecular weight is 401 g/mol. The SMILES string of the molecule is CNCC1CCN(C(=O)C(C)N=C2NS(=O)(=O)c3ccccc32)CC1.Cl. The van der Waals surface area contributed by atoms with Gasteiger partial charge in [0, 0.05) is 18.7 Å². The fourth-order valence-electron chi connectivity index (χ4n) is 3.39. The Labute approximate surface area is 160 Å². The third kappa shape index (κ3) is 4.19. The van der Waals surface area contributed by atoms with Gasteiger partial charge in [-0.15, -0.1) is 12.4 Å². The van der Waals surface area contributed by atoms with Crippen LogP contribution in [-0.2, 0) is 14.8 Å². The van der Waals surface area contributed by atoms with Crippen LogP contribution in [0.1, 0.15) is 25.3 Å². The molecule has 7 nitrogen and oxygen atoms in total. The molecule has 144 valence electrons. The van der Waals surface area contributed by atoms with Gasteiger partial charge in [0.05, 0.1) is 4.90 Å². The van der Waals surface area contributed by atoms with Crippen molar-refractivity contribution in [2.75, 3.05) is 26.7 Å². The summed E-state index contributed by atoms with van der Waals surface area (Å²) < 4.78 is 26.7. The Hall–Kier alpha value is -1.64. The first-order valence-corrected chi connectivity index (χ1v) is 10.0. The van der Waals surface area contributed by atoms with Crippen LogP contribution in [0.25, 0.3) is 0 Å². The molecule has 1 aromatic rings. The van der Waals surface area contributed by atoms with Crippen LogP contribution < -0.4 is 10.0 Å². The fourth-order valence-corrected chi connectivity index (χ4v) is 4.63. The van der Waals surface area contributed by atoms with Crippen molar-refractivity contribution in [2.24, 2.45) is 10.9 Å². The first-order chi connectivity index (χ1) is 11.9. The number of nitrogens with one attached hydrogen (secondary N) is 2. The largest absolute Gasteiger partial charge is 0.341 e. The average Bonchev–Trinajstić information content (AvgIpc) is 2.86. The number of hydrogen-bond donors (Lipinski definition) is 2. The first-order valence-electron chi connectivity index (χ1n) is 8.56. The van der Waals surface area contributed by atoms with Gasteiger partial charge in [0.2, 0.25) is 5.91 Å². The molecule has 1 atom stereocenters. The molecule has 2 N–H and O–H groups in total. The lowest BCUT2D eigenvalue weighted by molar-refractivity contribution is -0.133. The van der Waals surface area contributed by atoms with Crippen molar-refractivity contribution in [2.45, 2.75) is 30.7 Å². The molecule has 2 aliphatic rings. The number of hydrogen-bond acceptors (Lipinski definition) is 5. The zero-order valence-corrected chi connectivity index (χ0v) is 16.6. The number of halogens is 1. The second-order valence-electron chi connectivity index (χ2n) is 6.58. The van der Waals surface area contributed by atoms with Crippen LogP contribution in [0, 0.1) is 5.92 Å². The summed E-state index contributed by atoms with van der Waals surface area (Å²) >= 11 is 0. The monoisotopic (exact) mass is 400 g/mol. The number of nitrogens with zero attached hydrogens (tertiary/aromatic N) is 2. The van der Waals surface area contributed by atoms with E-state index in [2.05, 4.69) is 15.0 Å². The van der Waals surface area contributed by atoms with E-state index in [1.165, 1.54) is 0 Å². The summed E-state index contributed by atoms with van der Waals surface area (Å²) in [5, 5.41) is 3.18. The molecule has 0 radical (unpaired) electrons. The highest BCUT2D eigenvalue weighted by Gasteiger charge is 2.32. The van der Waals surface area contributed by atoms with Crippen molar-refractivity contribution >= 4 is 34.2 Å². The molecule has 0 aliphatic carbocycles. The number of carbonyl (C=O) groups excluding carboxylic acids is 1. The van der Waals surface area contributed by atoms with Gasteiger partial charge in [-0.25, -0.2) is 8.42 Å². The van der Waals surface area contributed by atoms with E-state index in [0.29, 0.717) is 11.5 Å². The summed E-state index contributed by atoms with van der Waals surface area (Å²) in [6, 6.07) is 6.05. The van der Waals surface area contributed by atoms with E-state index in [4.69, 9.17) is 0 Å². The summed E-state index contributed by atoms with van der Waals surface area (Å²) in [6.45, 7) is 4.13. The van der Waals surface area contributed by atoms with Crippen LogP contribution in [0.3, 0.4) is 0 Å². The number of amides is 1. The molecule has 0 aromatic heterocycles. The molecular formula is C17H25ClN4O3S. The second kappa shape index (κ2) is 8.37. The number of benzene rings is 1. The van der Waals surface area contributed by atoms with Gasteiger partial charge in [-0.05, 0) is 51.4 Å². The van der Waals surface area contributed by atoms with E-state index in [-0.39, 0.29) is 29.0 Å². The summed E-state index contributed by atoms with van der Waals surface area (Å²) in [6.07, 6.45) is 1.96. The Bertz CT molecular complexity index is 789. The number of likely N-dealkylation sites (tertiary alicyclic amines) is 1. The van der Waals surface area contributed by atoms with Gasteiger partial charge in [0.25, 0.3) is 10.0 Å². The lowest BCUT2D eigenvalue weighted by atomic mass is 9.96. The lowest BCUT2D eigenvalue weighted by Gasteiger charge is -2.33. The minimum atomic E-state index is -3.58. The predicted molar refractivity (Wildman–Crippen MR) is 103 cm³/mol. The zero-order valence-electron chi connectivity index (χ0n) is 14.9. The van der Waals surface area contributed by atoms with Crippen LogP contribution in [0.15, 0.2) is 34.2 Å². The molecule has 3 rings (SSSR count). The molecule has 9 heteroatoms. The summed E-state index contributed by atoms with van der Waals surface area (Å²) in [5.74, 6) is 0.796. The van der Waals surface area contributed by atoms with E-state index >= 15 is 0 Å². The Kier molecular flexibility index (Phi) is 6.65.